The predicted molar refractivity (Wildman–Crippen MR) is 123 cm³/mol. The SMILES string of the molecule is CN=C(NCc1ccc2c(c1)OCO2)NCc1cnn(Cc2ccccc2)c1.I. The van der Waals surface area contributed by atoms with Gasteiger partial charge < -0.3 is 20.1 Å². The Morgan fingerprint density at radius 2 is 1.76 bits per heavy atom. The minimum atomic E-state index is 0. The average molecular weight is 505 g/mol. The molecule has 3 aromatic rings. The van der Waals surface area contributed by atoms with Crippen molar-refractivity contribution < 1.29 is 9.47 Å². The van der Waals surface area contributed by atoms with E-state index in [1.807, 2.05) is 53.5 Å². The first kappa shape index (κ1) is 21.0. The van der Waals surface area contributed by atoms with Crippen LogP contribution in [0.3, 0.4) is 0 Å². The molecule has 0 aliphatic carbocycles. The Kier molecular flexibility index (Phi) is 7.34. The maximum Gasteiger partial charge on any atom is 0.231 e. The van der Waals surface area contributed by atoms with Gasteiger partial charge in [-0.25, -0.2) is 0 Å². The zero-order valence-electron chi connectivity index (χ0n) is 16.2. The van der Waals surface area contributed by atoms with Gasteiger partial charge in [-0.1, -0.05) is 36.4 Å². The van der Waals surface area contributed by atoms with Gasteiger partial charge in [0.05, 0.1) is 12.7 Å². The molecule has 0 spiro atoms. The highest BCUT2D eigenvalue weighted by Crippen LogP contribution is 2.32. The molecule has 0 fully saturated rings. The Hall–Kier alpha value is -2.75. The van der Waals surface area contributed by atoms with Crippen molar-refractivity contribution in [1.82, 2.24) is 20.4 Å². The van der Waals surface area contributed by atoms with Crippen molar-refractivity contribution in [3.05, 3.63) is 77.6 Å². The average Bonchev–Trinajstić information content (AvgIpc) is 3.38. The smallest absolute Gasteiger partial charge is 0.231 e. The summed E-state index contributed by atoms with van der Waals surface area (Å²) in [6.45, 7) is 2.34. The summed E-state index contributed by atoms with van der Waals surface area (Å²) >= 11 is 0. The van der Waals surface area contributed by atoms with E-state index in [9.17, 15) is 0 Å². The van der Waals surface area contributed by atoms with Crippen molar-refractivity contribution in [1.29, 1.82) is 0 Å². The van der Waals surface area contributed by atoms with E-state index >= 15 is 0 Å². The normalized spacial score (nSPS) is 12.4. The Morgan fingerprint density at radius 3 is 2.55 bits per heavy atom. The molecule has 0 unspecified atom stereocenters. The second-order valence-electron chi connectivity index (χ2n) is 6.50. The van der Waals surface area contributed by atoms with E-state index in [4.69, 9.17) is 9.47 Å². The minimum absolute atomic E-state index is 0. The van der Waals surface area contributed by atoms with E-state index in [-0.39, 0.29) is 30.8 Å². The van der Waals surface area contributed by atoms with Gasteiger partial charge in [-0.3, -0.25) is 9.67 Å². The first-order chi connectivity index (χ1) is 13.8. The third-order valence-electron chi connectivity index (χ3n) is 4.45. The number of ether oxygens (including phenoxy) is 2. The molecule has 1 aliphatic rings. The number of fused-ring (bicyclic) bond motifs is 1. The van der Waals surface area contributed by atoms with Crippen molar-refractivity contribution in [2.24, 2.45) is 4.99 Å². The molecule has 7 nitrogen and oxygen atoms in total. The fourth-order valence-corrected chi connectivity index (χ4v) is 3.00. The van der Waals surface area contributed by atoms with E-state index in [0.29, 0.717) is 13.1 Å². The molecule has 1 aliphatic heterocycles. The second kappa shape index (κ2) is 10.1. The molecule has 2 aromatic carbocycles. The molecule has 0 bridgehead atoms. The number of aromatic nitrogens is 2. The van der Waals surface area contributed by atoms with E-state index in [0.717, 1.165) is 35.1 Å². The monoisotopic (exact) mass is 505 g/mol. The van der Waals surface area contributed by atoms with Crippen LogP contribution in [0.1, 0.15) is 16.7 Å². The molecule has 0 atom stereocenters. The number of aliphatic imine (C=N–C) groups is 1. The molecule has 0 saturated carbocycles. The summed E-state index contributed by atoms with van der Waals surface area (Å²) in [6.07, 6.45) is 3.92. The van der Waals surface area contributed by atoms with E-state index in [1.54, 1.807) is 7.05 Å². The molecule has 2 N–H and O–H groups in total. The molecule has 152 valence electrons. The highest BCUT2D eigenvalue weighted by Gasteiger charge is 2.13. The number of nitrogens with one attached hydrogen (secondary N) is 2. The molecule has 0 radical (unpaired) electrons. The van der Waals surface area contributed by atoms with E-state index in [2.05, 4.69) is 32.9 Å². The third kappa shape index (κ3) is 5.63. The fraction of sp³-hybridized carbons (Fsp3) is 0.238. The van der Waals surface area contributed by atoms with Crippen LogP contribution in [0.2, 0.25) is 0 Å². The van der Waals surface area contributed by atoms with Crippen LogP contribution in [-0.4, -0.2) is 29.6 Å². The Balaban J connectivity index is 0.00000240. The molecular formula is C21H24IN5O2. The predicted octanol–water partition coefficient (Wildman–Crippen LogP) is 3.14. The van der Waals surface area contributed by atoms with Crippen LogP contribution in [0.5, 0.6) is 11.5 Å². The van der Waals surface area contributed by atoms with Gasteiger partial charge in [0.25, 0.3) is 0 Å². The molecule has 1 aromatic heterocycles. The van der Waals surface area contributed by atoms with E-state index < -0.39 is 0 Å². The summed E-state index contributed by atoms with van der Waals surface area (Å²) in [5, 5.41) is 11.1. The van der Waals surface area contributed by atoms with E-state index in [1.165, 1.54) is 5.56 Å². The second-order valence-corrected chi connectivity index (χ2v) is 6.50. The van der Waals surface area contributed by atoms with Crippen molar-refractivity contribution in [2.45, 2.75) is 19.6 Å². The first-order valence-electron chi connectivity index (χ1n) is 9.18. The summed E-state index contributed by atoms with van der Waals surface area (Å²) < 4.78 is 12.7. The van der Waals surface area contributed by atoms with Gasteiger partial charge in [-0.15, -0.1) is 24.0 Å². The lowest BCUT2D eigenvalue weighted by Crippen LogP contribution is -2.36. The summed E-state index contributed by atoms with van der Waals surface area (Å²) in [5.74, 6) is 2.31. The number of hydrogen-bond acceptors (Lipinski definition) is 4. The van der Waals surface area contributed by atoms with Gasteiger partial charge in [0.2, 0.25) is 6.79 Å². The Labute approximate surface area is 187 Å². The van der Waals surface area contributed by atoms with Gasteiger partial charge in [-0.05, 0) is 23.3 Å². The highest BCUT2D eigenvalue weighted by molar-refractivity contribution is 14.0. The fourth-order valence-electron chi connectivity index (χ4n) is 3.00. The molecule has 8 heteroatoms. The molecule has 2 heterocycles. The van der Waals surface area contributed by atoms with Gasteiger partial charge >= 0.3 is 0 Å². The number of hydrogen-bond donors (Lipinski definition) is 2. The number of benzene rings is 2. The third-order valence-corrected chi connectivity index (χ3v) is 4.45. The summed E-state index contributed by atoms with van der Waals surface area (Å²) in [5.41, 5.74) is 3.43. The number of nitrogens with zero attached hydrogens (tertiary/aromatic N) is 3. The Bertz CT molecular complexity index is 959. The lowest BCUT2D eigenvalue weighted by molar-refractivity contribution is 0.174. The lowest BCUT2D eigenvalue weighted by atomic mass is 10.2. The molecule has 4 rings (SSSR count). The highest BCUT2D eigenvalue weighted by atomic mass is 127. The van der Waals surface area contributed by atoms with Crippen molar-refractivity contribution in [3.8, 4) is 11.5 Å². The van der Waals surface area contributed by atoms with Crippen LogP contribution in [-0.2, 0) is 19.6 Å². The van der Waals surface area contributed by atoms with Crippen molar-refractivity contribution >= 4 is 29.9 Å². The zero-order chi connectivity index (χ0) is 19.2. The summed E-state index contributed by atoms with van der Waals surface area (Å²) in [7, 11) is 1.76. The largest absolute Gasteiger partial charge is 0.454 e. The van der Waals surface area contributed by atoms with Crippen LogP contribution >= 0.6 is 24.0 Å². The zero-order valence-corrected chi connectivity index (χ0v) is 18.5. The molecule has 29 heavy (non-hydrogen) atoms. The quantitative estimate of drug-likeness (QED) is 0.306. The maximum absolute atomic E-state index is 5.42. The van der Waals surface area contributed by atoms with Gasteiger partial charge in [0.1, 0.15) is 0 Å². The van der Waals surface area contributed by atoms with Crippen LogP contribution in [0.25, 0.3) is 0 Å². The number of rotatable bonds is 6. The van der Waals surface area contributed by atoms with Crippen LogP contribution in [0.4, 0.5) is 0 Å². The van der Waals surface area contributed by atoms with Gasteiger partial charge in [0, 0.05) is 31.9 Å². The molecule has 0 saturated heterocycles. The topological polar surface area (TPSA) is 72.7 Å². The molecule has 0 amide bonds. The first-order valence-corrected chi connectivity index (χ1v) is 9.18. The molecular weight excluding hydrogens is 481 g/mol. The van der Waals surface area contributed by atoms with Crippen molar-refractivity contribution in [3.63, 3.8) is 0 Å². The van der Waals surface area contributed by atoms with Gasteiger partial charge in [0.15, 0.2) is 17.5 Å². The maximum atomic E-state index is 5.42. The van der Waals surface area contributed by atoms with Crippen LogP contribution in [0, 0.1) is 0 Å². The summed E-state index contributed by atoms with van der Waals surface area (Å²) in [6, 6.07) is 16.2. The standard InChI is InChI=1S/C21H23N5O2.HI/c1-22-21(23-10-17-7-8-19-20(9-17)28-15-27-19)24-11-18-12-25-26(14-18)13-16-5-3-2-4-6-16;/h2-9,12,14H,10-11,13,15H2,1H3,(H2,22,23,24);1H. The van der Waals surface area contributed by atoms with Gasteiger partial charge in [-0.2, -0.15) is 5.10 Å². The summed E-state index contributed by atoms with van der Waals surface area (Å²) in [4.78, 5) is 4.28. The number of guanidine groups is 1. The Morgan fingerprint density at radius 1 is 1.00 bits per heavy atom. The number of halogens is 1. The van der Waals surface area contributed by atoms with Crippen molar-refractivity contribution in [2.75, 3.05) is 13.8 Å². The lowest BCUT2D eigenvalue weighted by Gasteiger charge is -2.11. The minimum Gasteiger partial charge on any atom is -0.454 e. The van der Waals surface area contributed by atoms with Crippen LogP contribution in [0.15, 0.2) is 65.9 Å². The van der Waals surface area contributed by atoms with Crippen LogP contribution < -0.4 is 20.1 Å².